The Morgan fingerprint density at radius 1 is 1.38 bits per heavy atom. The number of aliphatic hydroxyl groups excluding tert-OH is 1. The van der Waals surface area contributed by atoms with Crippen molar-refractivity contribution in [1.29, 1.82) is 0 Å². The van der Waals surface area contributed by atoms with Gasteiger partial charge in [0.1, 0.15) is 12.2 Å². The fraction of sp³-hybridized carbons (Fsp3) is 0.417. The first-order valence-corrected chi connectivity index (χ1v) is 5.19. The molecule has 0 spiro atoms. The summed E-state index contributed by atoms with van der Waals surface area (Å²) < 4.78 is 10.8. The molecule has 3 atom stereocenters. The van der Waals surface area contributed by atoms with E-state index >= 15 is 0 Å². The third kappa shape index (κ3) is 2.29. The number of aliphatic hydroxyl groups is 1. The van der Waals surface area contributed by atoms with Crippen LogP contribution in [0.15, 0.2) is 30.3 Å². The Balaban J connectivity index is 2.12. The molecule has 1 saturated heterocycles. The summed E-state index contributed by atoms with van der Waals surface area (Å²) in [5.41, 5.74) is 0.848. The van der Waals surface area contributed by atoms with Crippen molar-refractivity contribution in [3.8, 4) is 0 Å². The SMILES string of the molecule is CC(=O)[C@@H]1OC(c2ccccc2)OC[C@H]1O. The summed E-state index contributed by atoms with van der Waals surface area (Å²) in [6.07, 6.45) is -2.24. The molecule has 0 aliphatic carbocycles. The maximum atomic E-state index is 11.2. The van der Waals surface area contributed by atoms with Gasteiger partial charge in [0.2, 0.25) is 0 Å². The molecule has 1 N–H and O–H groups in total. The van der Waals surface area contributed by atoms with Crippen molar-refractivity contribution in [2.24, 2.45) is 0 Å². The third-order valence-electron chi connectivity index (χ3n) is 2.51. The van der Waals surface area contributed by atoms with Crippen molar-refractivity contribution in [2.75, 3.05) is 6.61 Å². The molecule has 4 nitrogen and oxygen atoms in total. The number of hydrogen-bond acceptors (Lipinski definition) is 4. The van der Waals surface area contributed by atoms with Crippen molar-refractivity contribution in [1.82, 2.24) is 0 Å². The summed E-state index contributed by atoms with van der Waals surface area (Å²) >= 11 is 0. The minimum Gasteiger partial charge on any atom is -0.388 e. The molecule has 0 bridgehead atoms. The molecular formula is C12H14O4. The number of ether oxygens (including phenoxy) is 2. The summed E-state index contributed by atoms with van der Waals surface area (Å²) in [6, 6.07) is 9.36. The summed E-state index contributed by atoms with van der Waals surface area (Å²) in [6.45, 7) is 1.52. The van der Waals surface area contributed by atoms with E-state index in [1.807, 2.05) is 30.3 Å². The highest BCUT2D eigenvalue weighted by molar-refractivity contribution is 5.81. The number of carbonyl (C=O) groups is 1. The Hall–Kier alpha value is -1.23. The highest BCUT2D eigenvalue weighted by Gasteiger charge is 2.34. The summed E-state index contributed by atoms with van der Waals surface area (Å²) in [5, 5.41) is 9.53. The quantitative estimate of drug-likeness (QED) is 0.812. The number of ketones is 1. The molecule has 2 rings (SSSR count). The molecular weight excluding hydrogens is 208 g/mol. The first-order chi connectivity index (χ1) is 7.68. The topological polar surface area (TPSA) is 55.8 Å². The molecule has 0 saturated carbocycles. The predicted molar refractivity (Wildman–Crippen MR) is 56.7 cm³/mol. The Labute approximate surface area is 93.8 Å². The molecule has 1 aromatic carbocycles. The van der Waals surface area contributed by atoms with E-state index in [-0.39, 0.29) is 12.4 Å². The highest BCUT2D eigenvalue weighted by atomic mass is 16.7. The normalized spacial score (nSPS) is 30.0. The smallest absolute Gasteiger partial charge is 0.184 e. The minimum absolute atomic E-state index is 0.115. The second kappa shape index (κ2) is 4.74. The van der Waals surface area contributed by atoms with Crippen LogP contribution in [-0.2, 0) is 14.3 Å². The van der Waals surface area contributed by atoms with Crippen molar-refractivity contribution in [3.05, 3.63) is 35.9 Å². The molecule has 1 aliphatic rings. The zero-order valence-electron chi connectivity index (χ0n) is 9.00. The zero-order chi connectivity index (χ0) is 11.5. The van der Waals surface area contributed by atoms with Gasteiger partial charge in [-0.2, -0.15) is 0 Å². The number of benzene rings is 1. The van der Waals surface area contributed by atoms with Gasteiger partial charge in [-0.05, 0) is 6.92 Å². The van der Waals surface area contributed by atoms with Gasteiger partial charge in [-0.25, -0.2) is 0 Å². The van der Waals surface area contributed by atoms with E-state index in [4.69, 9.17) is 9.47 Å². The van der Waals surface area contributed by atoms with E-state index in [0.717, 1.165) is 5.56 Å². The fourth-order valence-electron chi connectivity index (χ4n) is 1.69. The number of hydrogen-bond donors (Lipinski definition) is 1. The Morgan fingerprint density at radius 3 is 2.69 bits per heavy atom. The van der Waals surface area contributed by atoms with Crippen molar-refractivity contribution < 1.29 is 19.4 Å². The Morgan fingerprint density at radius 2 is 2.06 bits per heavy atom. The average Bonchev–Trinajstić information content (AvgIpc) is 2.30. The molecule has 0 amide bonds. The van der Waals surface area contributed by atoms with Crippen LogP contribution in [0.3, 0.4) is 0 Å². The highest BCUT2D eigenvalue weighted by Crippen LogP contribution is 2.26. The second-order valence-corrected chi connectivity index (χ2v) is 3.81. The standard InChI is InChI=1S/C12H14O4/c1-8(13)11-10(14)7-15-12(16-11)9-5-3-2-4-6-9/h2-6,10-12,14H,7H2,1H3/t10-,11+,12?/m1/s1. The van der Waals surface area contributed by atoms with Gasteiger partial charge in [0.25, 0.3) is 0 Å². The van der Waals surface area contributed by atoms with Crippen LogP contribution < -0.4 is 0 Å². The Kier molecular flexibility index (Phi) is 3.33. The van der Waals surface area contributed by atoms with Crippen LogP contribution in [0.4, 0.5) is 0 Å². The first-order valence-electron chi connectivity index (χ1n) is 5.19. The van der Waals surface area contributed by atoms with Gasteiger partial charge in [-0.15, -0.1) is 0 Å². The van der Waals surface area contributed by atoms with Crippen LogP contribution in [0.25, 0.3) is 0 Å². The van der Waals surface area contributed by atoms with Crippen LogP contribution in [-0.4, -0.2) is 29.7 Å². The molecule has 16 heavy (non-hydrogen) atoms. The molecule has 4 heteroatoms. The lowest BCUT2D eigenvalue weighted by atomic mass is 10.1. The van der Waals surface area contributed by atoms with Crippen LogP contribution in [0.5, 0.6) is 0 Å². The van der Waals surface area contributed by atoms with E-state index in [2.05, 4.69) is 0 Å². The predicted octanol–water partition coefficient (Wildman–Crippen LogP) is 1.05. The van der Waals surface area contributed by atoms with Gasteiger partial charge in [0.15, 0.2) is 12.1 Å². The first kappa shape index (κ1) is 11.3. The van der Waals surface area contributed by atoms with Gasteiger partial charge in [-0.1, -0.05) is 30.3 Å². The van der Waals surface area contributed by atoms with E-state index in [1.165, 1.54) is 6.92 Å². The second-order valence-electron chi connectivity index (χ2n) is 3.81. The maximum Gasteiger partial charge on any atom is 0.184 e. The van der Waals surface area contributed by atoms with Gasteiger partial charge < -0.3 is 14.6 Å². The van der Waals surface area contributed by atoms with E-state index in [9.17, 15) is 9.90 Å². The fourth-order valence-corrected chi connectivity index (χ4v) is 1.69. The summed E-state index contributed by atoms with van der Waals surface area (Å²) in [4.78, 5) is 11.2. The van der Waals surface area contributed by atoms with E-state index < -0.39 is 18.5 Å². The van der Waals surface area contributed by atoms with Crippen molar-refractivity contribution in [2.45, 2.75) is 25.4 Å². The number of carbonyl (C=O) groups excluding carboxylic acids is 1. The molecule has 0 radical (unpaired) electrons. The van der Waals surface area contributed by atoms with Crippen molar-refractivity contribution >= 4 is 5.78 Å². The molecule has 1 heterocycles. The van der Waals surface area contributed by atoms with E-state index in [0.29, 0.717) is 0 Å². The minimum atomic E-state index is -0.877. The number of rotatable bonds is 2. The van der Waals surface area contributed by atoms with Crippen LogP contribution in [0.2, 0.25) is 0 Å². The Bertz CT molecular complexity index is 363. The monoisotopic (exact) mass is 222 g/mol. The number of Topliss-reactive ketones (excluding diaryl/α,β-unsaturated/α-hetero) is 1. The molecule has 0 aromatic heterocycles. The van der Waals surface area contributed by atoms with Gasteiger partial charge in [0, 0.05) is 5.56 Å². The average molecular weight is 222 g/mol. The van der Waals surface area contributed by atoms with Gasteiger partial charge in [0.05, 0.1) is 6.61 Å². The van der Waals surface area contributed by atoms with E-state index in [1.54, 1.807) is 0 Å². The summed E-state index contributed by atoms with van der Waals surface area (Å²) in [7, 11) is 0. The van der Waals surface area contributed by atoms with Crippen LogP contribution >= 0.6 is 0 Å². The lowest BCUT2D eigenvalue weighted by molar-refractivity contribution is -0.250. The largest absolute Gasteiger partial charge is 0.388 e. The van der Waals surface area contributed by atoms with Crippen molar-refractivity contribution in [3.63, 3.8) is 0 Å². The zero-order valence-corrected chi connectivity index (χ0v) is 9.00. The van der Waals surface area contributed by atoms with Gasteiger partial charge in [-0.3, -0.25) is 4.79 Å². The lowest BCUT2D eigenvalue weighted by Gasteiger charge is -2.32. The van der Waals surface area contributed by atoms with Crippen LogP contribution in [0.1, 0.15) is 18.8 Å². The van der Waals surface area contributed by atoms with Gasteiger partial charge >= 0.3 is 0 Å². The molecule has 1 aliphatic heterocycles. The molecule has 1 fully saturated rings. The maximum absolute atomic E-state index is 11.2. The molecule has 86 valence electrons. The van der Waals surface area contributed by atoms with Crippen LogP contribution in [0, 0.1) is 0 Å². The molecule has 1 aromatic rings. The molecule has 1 unspecified atom stereocenters. The summed E-state index contributed by atoms with van der Waals surface area (Å²) in [5.74, 6) is -0.184. The third-order valence-corrected chi connectivity index (χ3v) is 2.51. The lowest BCUT2D eigenvalue weighted by Crippen LogP contribution is -2.44.